The summed E-state index contributed by atoms with van der Waals surface area (Å²) in [5.41, 5.74) is 4.14. The van der Waals surface area contributed by atoms with Gasteiger partial charge in [0.1, 0.15) is 0 Å². The van der Waals surface area contributed by atoms with Gasteiger partial charge in [0, 0.05) is 50.4 Å². The van der Waals surface area contributed by atoms with Gasteiger partial charge in [-0.15, -0.1) is 0 Å². The first kappa shape index (κ1) is 19.4. The van der Waals surface area contributed by atoms with Crippen molar-refractivity contribution in [2.45, 2.75) is 25.3 Å². The highest BCUT2D eigenvalue weighted by molar-refractivity contribution is 5.79. The molecule has 1 amide bonds. The summed E-state index contributed by atoms with van der Waals surface area (Å²) >= 11 is 0. The number of pyridine rings is 1. The number of fused-ring (bicyclic) bond motifs is 1. The summed E-state index contributed by atoms with van der Waals surface area (Å²) in [5, 5.41) is 12.4. The van der Waals surface area contributed by atoms with Crippen LogP contribution in [0.3, 0.4) is 0 Å². The number of amides is 1. The minimum atomic E-state index is 0.0206. The van der Waals surface area contributed by atoms with Gasteiger partial charge in [0.05, 0.1) is 18.7 Å². The Morgan fingerprint density at radius 2 is 2.10 bits per heavy atom. The van der Waals surface area contributed by atoms with Crippen LogP contribution in [-0.4, -0.2) is 54.4 Å². The van der Waals surface area contributed by atoms with Crippen LogP contribution in [0.1, 0.15) is 23.6 Å². The molecule has 0 aliphatic carbocycles. The number of hydrogen-bond acceptors (Lipinski definition) is 5. The van der Waals surface area contributed by atoms with Crippen molar-refractivity contribution < 1.29 is 4.79 Å². The van der Waals surface area contributed by atoms with E-state index in [0.717, 1.165) is 47.5 Å². The average molecular weight is 393 g/mol. The van der Waals surface area contributed by atoms with Gasteiger partial charge in [-0.25, -0.2) is 9.67 Å². The van der Waals surface area contributed by atoms with Gasteiger partial charge >= 0.3 is 0 Å². The topological polar surface area (TPSA) is 75.1 Å². The molecular formula is C22H28N6O. The Kier molecular flexibility index (Phi) is 5.76. The number of rotatable bonds is 7. The molecule has 3 aromatic rings. The standard InChI is InChI=1S/C22H28N6O/c1-27(2)18-7-5-16(6-8-18)14-20(29)24-12-13-28-22-19(4-3-10-25-22)21(26-28)17-9-11-23-15-17/h3-8,10,17,23H,9,11-15H2,1-2H3,(H,24,29). The Labute approximate surface area is 171 Å². The van der Waals surface area contributed by atoms with Crippen LogP contribution >= 0.6 is 0 Å². The first-order chi connectivity index (χ1) is 14.1. The molecule has 0 bridgehead atoms. The maximum Gasteiger partial charge on any atom is 0.224 e. The Balaban J connectivity index is 1.36. The van der Waals surface area contributed by atoms with Crippen LogP contribution < -0.4 is 15.5 Å². The van der Waals surface area contributed by atoms with E-state index in [0.29, 0.717) is 25.4 Å². The van der Waals surface area contributed by atoms with Gasteiger partial charge in [-0.1, -0.05) is 12.1 Å². The Morgan fingerprint density at radius 1 is 1.28 bits per heavy atom. The first-order valence-corrected chi connectivity index (χ1v) is 10.2. The molecular weight excluding hydrogens is 364 g/mol. The fourth-order valence-electron chi connectivity index (χ4n) is 3.84. The maximum absolute atomic E-state index is 12.3. The summed E-state index contributed by atoms with van der Waals surface area (Å²) in [6, 6.07) is 12.1. The molecule has 1 aliphatic rings. The van der Waals surface area contributed by atoms with E-state index in [1.165, 1.54) is 0 Å². The second kappa shape index (κ2) is 8.61. The Bertz CT molecular complexity index is 973. The van der Waals surface area contributed by atoms with Crippen LogP contribution in [0.25, 0.3) is 11.0 Å². The SMILES string of the molecule is CN(C)c1ccc(CC(=O)NCCn2nc(C3CCNC3)c3cccnc32)cc1. The molecule has 7 heteroatoms. The zero-order chi connectivity index (χ0) is 20.2. The molecule has 2 aromatic heterocycles. The molecule has 1 unspecified atom stereocenters. The zero-order valence-electron chi connectivity index (χ0n) is 17.1. The monoisotopic (exact) mass is 392 g/mol. The van der Waals surface area contributed by atoms with Crippen molar-refractivity contribution >= 4 is 22.6 Å². The van der Waals surface area contributed by atoms with E-state index in [1.807, 2.05) is 54.0 Å². The lowest BCUT2D eigenvalue weighted by molar-refractivity contribution is -0.120. The van der Waals surface area contributed by atoms with E-state index in [2.05, 4.69) is 21.7 Å². The van der Waals surface area contributed by atoms with E-state index in [4.69, 9.17) is 5.10 Å². The molecule has 0 spiro atoms. The predicted octanol–water partition coefficient (Wildman–Crippen LogP) is 1.93. The van der Waals surface area contributed by atoms with Crippen LogP contribution in [0.15, 0.2) is 42.6 Å². The molecule has 1 aliphatic heterocycles. The number of carbonyl (C=O) groups is 1. The van der Waals surface area contributed by atoms with Gasteiger partial charge in [-0.3, -0.25) is 4.79 Å². The number of carbonyl (C=O) groups excluding carboxylic acids is 1. The van der Waals surface area contributed by atoms with E-state index >= 15 is 0 Å². The van der Waals surface area contributed by atoms with Crippen molar-refractivity contribution in [2.24, 2.45) is 0 Å². The normalized spacial score (nSPS) is 16.3. The van der Waals surface area contributed by atoms with Gasteiger partial charge in [0.2, 0.25) is 5.91 Å². The van der Waals surface area contributed by atoms with Crippen LogP contribution in [0.5, 0.6) is 0 Å². The third-order valence-electron chi connectivity index (χ3n) is 5.45. The minimum absolute atomic E-state index is 0.0206. The molecule has 3 heterocycles. The fourth-order valence-corrected chi connectivity index (χ4v) is 3.84. The molecule has 1 saturated heterocycles. The largest absolute Gasteiger partial charge is 0.378 e. The van der Waals surface area contributed by atoms with Crippen LogP contribution in [0.2, 0.25) is 0 Å². The summed E-state index contributed by atoms with van der Waals surface area (Å²) in [7, 11) is 4.01. The van der Waals surface area contributed by atoms with E-state index in [9.17, 15) is 4.79 Å². The summed E-state index contributed by atoms with van der Waals surface area (Å²) in [6.45, 7) is 3.14. The van der Waals surface area contributed by atoms with Crippen LogP contribution in [0.4, 0.5) is 5.69 Å². The second-order valence-electron chi connectivity index (χ2n) is 7.76. The first-order valence-electron chi connectivity index (χ1n) is 10.2. The lowest BCUT2D eigenvalue weighted by Gasteiger charge is -2.12. The molecule has 7 nitrogen and oxygen atoms in total. The molecule has 1 aromatic carbocycles. The Hall–Kier alpha value is -2.93. The van der Waals surface area contributed by atoms with Crippen molar-refractivity contribution in [2.75, 3.05) is 38.6 Å². The summed E-state index contributed by atoms with van der Waals surface area (Å²) in [4.78, 5) is 18.9. The molecule has 1 atom stereocenters. The highest BCUT2D eigenvalue weighted by Gasteiger charge is 2.23. The third-order valence-corrected chi connectivity index (χ3v) is 5.45. The fraction of sp³-hybridized carbons (Fsp3) is 0.409. The van der Waals surface area contributed by atoms with Crippen molar-refractivity contribution in [3.8, 4) is 0 Å². The van der Waals surface area contributed by atoms with Crippen molar-refractivity contribution in [3.63, 3.8) is 0 Å². The van der Waals surface area contributed by atoms with Crippen molar-refractivity contribution in [1.29, 1.82) is 0 Å². The number of anilines is 1. The summed E-state index contributed by atoms with van der Waals surface area (Å²) in [6.07, 6.45) is 3.28. The number of aromatic nitrogens is 3. The lowest BCUT2D eigenvalue weighted by Crippen LogP contribution is -2.29. The average Bonchev–Trinajstić information content (AvgIpc) is 3.37. The third kappa shape index (κ3) is 4.40. The van der Waals surface area contributed by atoms with E-state index in [-0.39, 0.29) is 5.91 Å². The number of nitrogens with zero attached hydrogens (tertiary/aromatic N) is 4. The highest BCUT2D eigenvalue weighted by atomic mass is 16.1. The lowest BCUT2D eigenvalue weighted by atomic mass is 10.0. The summed E-state index contributed by atoms with van der Waals surface area (Å²) < 4.78 is 1.93. The van der Waals surface area contributed by atoms with Crippen LogP contribution in [0, 0.1) is 0 Å². The smallest absolute Gasteiger partial charge is 0.224 e. The molecule has 29 heavy (non-hydrogen) atoms. The second-order valence-corrected chi connectivity index (χ2v) is 7.76. The number of benzene rings is 1. The number of nitrogens with one attached hydrogen (secondary N) is 2. The molecule has 4 rings (SSSR count). The van der Waals surface area contributed by atoms with Gasteiger partial charge in [-0.05, 0) is 42.8 Å². The van der Waals surface area contributed by atoms with Crippen molar-refractivity contribution in [1.82, 2.24) is 25.4 Å². The predicted molar refractivity (Wildman–Crippen MR) is 115 cm³/mol. The van der Waals surface area contributed by atoms with E-state index in [1.54, 1.807) is 6.20 Å². The molecule has 1 fully saturated rings. The Morgan fingerprint density at radius 3 is 2.83 bits per heavy atom. The highest BCUT2D eigenvalue weighted by Crippen LogP contribution is 2.27. The maximum atomic E-state index is 12.3. The number of hydrogen-bond donors (Lipinski definition) is 2. The van der Waals surface area contributed by atoms with Gasteiger partial charge in [0.15, 0.2) is 5.65 Å². The molecule has 0 radical (unpaired) electrons. The van der Waals surface area contributed by atoms with Gasteiger partial charge in [-0.2, -0.15) is 5.10 Å². The van der Waals surface area contributed by atoms with E-state index < -0.39 is 0 Å². The minimum Gasteiger partial charge on any atom is -0.378 e. The summed E-state index contributed by atoms with van der Waals surface area (Å²) in [5.74, 6) is 0.454. The molecule has 152 valence electrons. The van der Waals surface area contributed by atoms with Gasteiger partial charge < -0.3 is 15.5 Å². The van der Waals surface area contributed by atoms with Gasteiger partial charge in [0.25, 0.3) is 0 Å². The van der Waals surface area contributed by atoms with Crippen LogP contribution in [-0.2, 0) is 17.8 Å². The zero-order valence-corrected chi connectivity index (χ0v) is 17.1. The quantitative estimate of drug-likeness (QED) is 0.643. The molecule has 2 N–H and O–H groups in total. The van der Waals surface area contributed by atoms with Crippen molar-refractivity contribution in [3.05, 3.63) is 53.9 Å². The molecule has 0 saturated carbocycles.